The molecule has 23 heavy (non-hydrogen) atoms. The molecule has 1 aliphatic carbocycles. The van der Waals surface area contributed by atoms with Gasteiger partial charge in [-0.3, -0.25) is 0 Å². The standard InChI is InChI=1S/C17H24N4O2/c1-6-14-19-16(15-10(3)21-23-11(15)4)9(2)17(20-14)18-12-7-13(8-12)22-5/h12-13H,6-8H2,1-5H3,(H,18,19,20). The molecule has 0 aromatic carbocycles. The van der Waals surface area contributed by atoms with Gasteiger partial charge in [0.05, 0.1) is 23.1 Å². The Kier molecular flexibility index (Phi) is 4.35. The molecule has 2 aromatic heterocycles. The van der Waals surface area contributed by atoms with Gasteiger partial charge < -0.3 is 14.6 Å². The molecule has 0 spiro atoms. The highest BCUT2D eigenvalue weighted by molar-refractivity contribution is 5.71. The second kappa shape index (κ2) is 6.28. The largest absolute Gasteiger partial charge is 0.381 e. The zero-order valence-corrected chi connectivity index (χ0v) is 14.4. The van der Waals surface area contributed by atoms with E-state index in [1.54, 1.807) is 7.11 Å². The van der Waals surface area contributed by atoms with Gasteiger partial charge in [0.2, 0.25) is 0 Å². The van der Waals surface area contributed by atoms with Gasteiger partial charge in [-0.05, 0) is 33.6 Å². The molecule has 124 valence electrons. The number of rotatable bonds is 5. The van der Waals surface area contributed by atoms with E-state index in [0.717, 1.165) is 59.2 Å². The topological polar surface area (TPSA) is 73.1 Å². The lowest BCUT2D eigenvalue weighted by Gasteiger charge is -2.35. The summed E-state index contributed by atoms with van der Waals surface area (Å²) < 4.78 is 10.7. The van der Waals surface area contributed by atoms with E-state index in [-0.39, 0.29) is 0 Å². The number of nitrogens with one attached hydrogen (secondary N) is 1. The van der Waals surface area contributed by atoms with E-state index in [2.05, 4.69) is 29.3 Å². The highest BCUT2D eigenvalue weighted by atomic mass is 16.5. The molecule has 0 amide bonds. The van der Waals surface area contributed by atoms with Crippen molar-refractivity contribution in [3.63, 3.8) is 0 Å². The summed E-state index contributed by atoms with van der Waals surface area (Å²) in [5.41, 5.74) is 3.79. The number of anilines is 1. The minimum Gasteiger partial charge on any atom is -0.381 e. The fourth-order valence-corrected chi connectivity index (χ4v) is 3.00. The van der Waals surface area contributed by atoms with Crippen LogP contribution in [0.15, 0.2) is 4.52 Å². The van der Waals surface area contributed by atoms with Crippen LogP contribution in [0.25, 0.3) is 11.3 Å². The molecule has 3 rings (SSSR count). The summed E-state index contributed by atoms with van der Waals surface area (Å²) in [6.07, 6.45) is 3.18. The zero-order valence-electron chi connectivity index (χ0n) is 14.4. The maximum absolute atomic E-state index is 5.35. The third-order valence-corrected chi connectivity index (χ3v) is 4.55. The second-order valence-corrected chi connectivity index (χ2v) is 6.19. The van der Waals surface area contributed by atoms with Crippen LogP contribution in [-0.2, 0) is 11.2 Å². The number of aryl methyl sites for hydroxylation is 3. The average Bonchev–Trinajstić information content (AvgIpc) is 2.83. The molecule has 1 fully saturated rings. The van der Waals surface area contributed by atoms with Gasteiger partial charge in [0.1, 0.15) is 17.4 Å². The van der Waals surface area contributed by atoms with Crippen molar-refractivity contribution in [1.82, 2.24) is 15.1 Å². The molecule has 0 bridgehead atoms. The molecule has 1 N–H and O–H groups in total. The van der Waals surface area contributed by atoms with Crippen LogP contribution in [-0.4, -0.2) is 34.4 Å². The molecule has 0 atom stereocenters. The van der Waals surface area contributed by atoms with E-state index >= 15 is 0 Å². The van der Waals surface area contributed by atoms with Crippen molar-refractivity contribution in [2.75, 3.05) is 12.4 Å². The minimum atomic E-state index is 0.363. The summed E-state index contributed by atoms with van der Waals surface area (Å²) in [5.74, 6) is 2.53. The van der Waals surface area contributed by atoms with Crippen molar-refractivity contribution in [3.05, 3.63) is 22.8 Å². The quantitative estimate of drug-likeness (QED) is 0.913. The molecule has 1 saturated carbocycles. The van der Waals surface area contributed by atoms with Crippen molar-refractivity contribution >= 4 is 5.82 Å². The molecule has 2 heterocycles. The number of aromatic nitrogens is 3. The van der Waals surface area contributed by atoms with E-state index in [0.29, 0.717) is 12.1 Å². The number of hydrogen-bond donors (Lipinski definition) is 1. The summed E-state index contributed by atoms with van der Waals surface area (Å²) >= 11 is 0. The Labute approximate surface area is 136 Å². The number of nitrogens with zero attached hydrogens (tertiary/aromatic N) is 3. The predicted molar refractivity (Wildman–Crippen MR) is 88.6 cm³/mol. The fraction of sp³-hybridized carbons (Fsp3) is 0.588. The summed E-state index contributed by atoms with van der Waals surface area (Å²) in [6.45, 7) is 7.98. The maximum atomic E-state index is 5.35. The van der Waals surface area contributed by atoms with Gasteiger partial charge in [-0.15, -0.1) is 0 Å². The summed E-state index contributed by atoms with van der Waals surface area (Å²) in [5, 5.41) is 7.60. The first-order chi connectivity index (χ1) is 11.0. The van der Waals surface area contributed by atoms with Gasteiger partial charge in [-0.2, -0.15) is 0 Å². The van der Waals surface area contributed by atoms with Crippen molar-refractivity contribution in [2.45, 2.75) is 59.1 Å². The first-order valence-electron chi connectivity index (χ1n) is 8.13. The molecule has 6 nitrogen and oxygen atoms in total. The zero-order chi connectivity index (χ0) is 16.6. The molecule has 0 aliphatic heterocycles. The van der Waals surface area contributed by atoms with Gasteiger partial charge in [0.15, 0.2) is 0 Å². The van der Waals surface area contributed by atoms with Crippen LogP contribution < -0.4 is 5.32 Å². The normalized spacial score (nSPS) is 20.4. The first kappa shape index (κ1) is 15.9. The van der Waals surface area contributed by atoms with Crippen LogP contribution in [0.5, 0.6) is 0 Å². The molecule has 6 heteroatoms. The van der Waals surface area contributed by atoms with Gasteiger partial charge >= 0.3 is 0 Å². The van der Waals surface area contributed by atoms with Crippen LogP contribution in [0.1, 0.15) is 42.6 Å². The highest BCUT2D eigenvalue weighted by Gasteiger charge is 2.30. The molecule has 0 saturated heterocycles. The van der Waals surface area contributed by atoms with Crippen molar-refractivity contribution in [3.8, 4) is 11.3 Å². The van der Waals surface area contributed by atoms with E-state index < -0.39 is 0 Å². The van der Waals surface area contributed by atoms with Crippen LogP contribution >= 0.6 is 0 Å². The van der Waals surface area contributed by atoms with E-state index in [9.17, 15) is 0 Å². The Balaban J connectivity index is 1.96. The van der Waals surface area contributed by atoms with Gasteiger partial charge in [0.25, 0.3) is 0 Å². The van der Waals surface area contributed by atoms with Crippen molar-refractivity contribution in [2.24, 2.45) is 0 Å². The lowest BCUT2D eigenvalue weighted by Crippen LogP contribution is -2.40. The Bertz CT molecular complexity index is 685. The fourth-order valence-electron chi connectivity index (χ4n) is 3.00. The molecule has 0 unspecified atom stereocenters. The third kappa shape index (κ3) is 2.95. The van der Waals surface area contributed by atoms with Crippen molar-refractivity contribution < 1.29 is 9.26 Å². The molecule has 1 aliphatic rings. The SMILES string of the molecule is CCc1nc(NC2CC(OC)C2)c(C)c(-c2c(C)noc2C)n1. The van der Waals surface area contributed by atoms with E-state index in [1.807, 2.05) is 13.8 Å². The summed E-state index contributed by atoms with van der Waals surface area (Å²) in [6, 6.07) is 0.413. The minimum absolute atomic E-state index is 0.363. The van der Waals surface area contributed by atoms with Gasteiger partial charge in [0, 0.05) is 25.1 Å². The van der Waals surface area contributed by atoms with Crippen LogP contribution in [0, 0.1) is 20.8 Å². The average molecular weight is 316 g/mol. The molecule has 2 aromatic rings. The van der Waals surface area contributed by atoms with Crippen LogP contribution in [0.2, 0.25) is 0 Å². The Morgan fingerprint density at radius 2 is 1.96 bits per heavy atom. The lowest BCUT2D eigenvalue weighted by atomic mass is 9.89. The predicted octanol–water partition coefficient (Wildman–Crippen LogP) is 3.21. The van der Waals surface area contributed by atoms with E-state index in [4.69, 9.17) is 14.2 Å². The third-order valence-electron chi connectivity index (χ3n) is 4.55. The number of methoxy groups -OCH3 is 1. The smallest absolute Gasteiger partial charge is 0.143 e. The Morgan fingerprint density at radius 3 is 2.52 bits per heavy atom. The number of hydrogen-bond acceptors (Lipinski definition) is 6. The Hall–Kier alpha value is -1.95. The van der Waals surface area contributed by atoms with E-state index in [1.165, 1.54) is 0 Å². The van der Waals surface area contributed by atoms with Crippen LogP contribution in [0.4, 0.5) is 5.82 Å². The maximum Gasteiger partial charge on any atom is 0.143 e. The monoisotopic (exact) mass is 316 g/mol. The second-order valence-electron chi connectivity index (χ2n) is 6.19. The lowest BCUT2D eigenvalue weighted by molar-refractivity contribution is 0.0327. The highest BCUT2D eigenvalue weighted by Crippen LogP contribution is 2.33. The molecular formula is C17H24N4O2. The van der Waals surface area contributed by atoms with Gasteiger partial charge in [-0.25, -0.2) is 9.97 Å². The first-order valence-corrected chi connectivity index (χ1v) is 8.13. The van der Waals surface area contributed by atoms with Crippen LogP contribution in [0.3, 0.4) is 0 Å². The number of ether oxygens (including phenoxy) is 1. The van der Waals surface area contributed by atoms with Crippen molar-refractivity contribution in [1.29, 1.82) is 0 Å². The Morgan fingerprint density at radius 1 is 1.22 bits per heavy atom. The molecule has 0 radical (unpaired) electrons. The molecular weight excluding hydrogens is 292 g/mol. The summed E-state index contributed by atoms with van der Waals surface area (Å²) in [7, 11) is 1.77. The summed E-state index contributed by atoms with van der Waals surface area (Å²) in [4.78, 5) is 9.40. The van der Waals surface area contributed by atoms with Gasteiger partial charge in [-0.1, -0.05) is 12.1 Å².